The van der Waals surface area contributed by atoms with Crippen molar-refractivity contribution in [1.29, 1.82) is 0 Å². The van der Waals surface area contributed by atoms with Gasteiger partial charge in [0.25, 0.3) is 0 Å². The summed E-state index contributed by atoms with van der Waals surface area (Å²) in [5.41, 5.74) is 0. The van der Waals surface area contributed by atoms with Gasteiger partial charge in [0.05, 0.1) is 24.0 Å². The van der Waals surface area contributed by atoms with Gasteiger partial charge in [-0.3, -0.25) is 0 Å². The van der Waals surface area contributed by atoms with E-state index in [4.69, 9.17) is 4.74 Å². The molecule has 0 unspecified atom stereocenters. The quantitative estimate of drug-likeness (QED) is 0.833. The Hall–Kier alpha value is -1.43. The van der Waals surface area contributed by atoms with Crippen LogP contribution in [-0.2, 0) is 0 Å². The number of hydrogen-bond donors (Lipinski definition) is 0. The number of aromatic nitrogens is 4. The van der Waals surface area contributed by atoms with Crippen molar-refractivity contribution in [3.8, 4) is 11.6 Å². The van der Waals surface area contributed by atoms with E-state index in [0.29, 0.717) is 17.4 Å². The first-order valence-electron chi connectivity index (χ1n) is 4.29. The Morgan fingerprint density at radius 1 is 1.40 bits per heavy atom. The van der Waals surface area contributed by atoms with Crippen molar-refractivity contribution in [3.63, 3.8) is 0 Å². The van der Waals surface area contributed by atoms with Crippen molar-refractivity contribution >= 4 is 15.9 Å². The smallest absolute Gasteiger partial charge is 0.171 e. The first kappa shape index (κ1) is 10.1. The van der Waals surface area contributed by atoms with Crippen molar-refractivity contribution in [2.75, 3.05) is 7.11 Å². The highest BCUT2D eigenvalue weighted by Gasteiger charge is 2.07. The molecule has 0 atom stereocenters. The van der Waals surface area contributed by atoms with E-state index in [1.54, 1.807) is 30.4 Å². The minimum absolute atomic E-state index is 0.693. The van der Waals surface area contributed by atoms with Gasteiger partial charge in [0.1, 0.15) is 5.82 Å². The Bertz CT molecular complexity index is 483. The monoisotopic (exact) mass is 268 g/mol. The van der Waals surface area contributed by atoms with Gasteiger partial charge in [-0.05, 0) is 22.9 Å². The van der Waals surface area contributed by atoms with E-state index in [9.17, 15) is 0 Å². The van der Waals surface area contributed by atoms with Crippen LogP contribution in [0.4, 0.5) is 0 Å². The number of ether oxygens (including phenoxy) is 1. The second-order valence-electron chi connectivity index (χ2n) is 2.91. The average Bonchev–Trinajstić information content (AvgIpc) is 2.70. The molecular weight excluding hydrogens is 260 g/mol. The molecule has 0 amide bonds. The minimum Gasteiger partial charge on any atom is -0.493 e. The van der Waals surface area contributed by atoms with Gasteiger partial charge in [-0.15, -0.1) is 0 Å². The van der Waals surface area contributed by atoms with E-state index in [1.807, 2.05) is 6.92 Å². The zero-order chi connectivity index (χ0) is 10.8. The molecule has 15 heavy (non-hydrogen) atoms. The lowest BCUT2D eigenvalue weighted by Gasteiger charge is -2.02. The summed E-state index contributed by atoms with van der Waals surface area (Å²) in [6, 6.07) is 0. The van der Waals surface area contributed by atoms with Crippen LogP contribution in [0.3, 0.4) is 0 Å². The Kier molecular flexibility index (Phi) is 2.68. The molecule has 0 saturated heterocycles. The summed E-state index contributed by atoms with van der Waals surface area (Å²) < 4.78 is 7.47. The van der Waals surface area contributed by atoms with Gasteiger partial charge < -0.3 is 4.74 Å². The molecule has 0 aliphatic rings. The maximum Gasteiger partial charge on any atom is 0.171 e. The van der Waals surface area contributed by atoms with E-state index in [1.165, 1.54) is 0 Å². The first-order valence-corrected chi connectivity index (χ1v) is 5.08. The molecule has 0 fully saturated rings. The molecule has 0 bridgehead atoms. The van der Waals surface area contributed by atoms with Gasteiger partial charge in [0.2, 0.25) is 0 Å². The molecule has 0 aliphatic carbocycles. The van der Waals surface area contributed by atoms with E-state index in [0.717, 1.165) is 4.47 Å². The summed E-state index contributed by atoms with van der Waals surface area (Å²) in [7, 11) is 1.60. The van der Waals surface area contributed by atoms with Gasteiger partial charge in [0, 0.05) is 6.20 Å². The Morgan fingerprint density at radius 3 is 2.87 bits per heavy atom. The molecule has 2 aromatic heterocycles. The number of halogens is 1. The molecule has 5 nitrogen and oxygen atoms in total. The highest BCUT2D eigenvalue weighted by Crippen LogP contribution is 2.19. The zero-order valence-corrected chi connectivity index (χ0v) is 9.89. The van der Waals surface area contributed by atoms with Gasteiger partial charge in [-0.1, -0.05) is 0 Å². The van der Waals surface area contributed by atoms with Crippen molar-refractivity contribution in [3.05, 3.63) is 28.9 Å². The molecule has 2 aromatic rings. The van der Waals surface area contributed by atoms with Crippen LogP contribution in [0.1, 0.15) is 5.82 Å². The zero-order valence-electron chi connectivity index (χ0n) is 8.31. The van der Waals surface area contributed by atoms with Crippen LogP contribution in [-0.4, -0.2) is 26.9 Å². The molecule has 78 valence electrons. The number of aryl methyl sites for hydroxylation is 1. The van der Waals surface area contributed by atoms with Crippen LogP contribution in [0.15, 0.2) is 23.1 Å². The van der Waals surface area contributed by atoms with Crippen LogP contribution in [0.25, 0.3) is 5.82 Å². The molecule has 0 radical (unpaired) electrons. The van der Waals surface area contributed by atoms with Gasteiger partial charge in [-0.2, -0.15) is 5.10 Å². The normalized spacial score (nSPS) is 10.3. The largest absolute Gasteiger partial charge is 0.493 e. The standard InChI is InChI=1S/C9H9BrN4O/c1-6-11-4-8(10)9(13-6)14-5-7(15-2)3-12-14/h3-5H,1-2H3. The molecule has 0 aromatic carbocycles. The van der Waals surface area contributed by atoms with E-state index in [-0.39, 0.29) is 0 Å². The SMILES string of the molecule is COc1cnn(-c2nc(C)ncc2Br)c1. The lowest BCUT2D eigenvalue weighted by atomic mass is 10.5. The number of hydrogen-bond acceptors (Lipinski definition) is 4. The van der Waals surface area contributed by atoms with Crippen molar-refractivity contribution in [2.24, 2.45) is 0 Å². The van der Waals surface area contributed by atoms with Crippen LogP contribution in [0.2, 0.25) is 0 Å². The fourth-order valence-corrected chi connectivity index (χ4v) is 1.50. The number of rotatable bonds is 2. The van der Waals surface area contributed by atoms with E-state index in [2.05, 4.69) is 31.0 Å². The number of nitrogens with zero attached hydrogens (tertiary/aromatic N) is 4. The fourth-order valence-electron chi connectivity index (χ4n) is 1.13. The summed E-state index contributed by atoms with van der Waals surface area (Å²) in [6.45, 7) is 1.83. The topological polar surface area (TPSA) is 52.8 Å². The summed E-state index contributed by atoms with van der Waals surface area (Å²) >= 11 is 3.37. The second kappa shape index (κ2) is 3.98. The Labute approximate surface area is 95.2 Å². The molecule has 0 spiro atoms. The van der Waals surface area contributed by atoms with Gasteiger partial charge in [-0.25, -0.2) is 14.6 Å². The third kappa shape index (κ3) is 1.99. The molecule has 0 aliphatic heterocycles. The van der Waals surface area contributed by atoms with Crippen LogP contribution in [0.5, 0.6) is 5.75 Å². The third-order valence-electron chi connectivity index (χ3n) is 1.86. The predicted molar refractivity (Wildman–Crippen MR) is 58.1 cm³/mol. The van der Waals surface area contributed by atoms with Crippen molar-refractivity contribution < 1.29 is 4.74 Å². The van der Waals surface area contributed by atoms with Gasteiger partial charge >= 0.3 is 0 Å². The maximum absolute atomic E-state index is 5.04. The Balaban J connectivity index is 2.48. The third-order valence-corrected chi connectivity index (χ3v) is 2.42. The van der Waals surface area contributed by atoms with Crippen molar-refractivity contribution in [1.82, 2.24) is 19.7 Å². The summed E-state index contributed by atoms with van der Waals surface area (Å²) in [6.07, 6.45) is 5.09. The fraction of sp³-hybridized carbons (Fsp3) is 0.222. The number of methoxy groups -OCH3 is 1. The second-order valence-corrected chi connectivity index (χ2v) is 3.77. The minimum atomic E-state index is 0.693. The van der Waals surface area contributed by atoms with Crippen molar-refractivity contribution in [2.45, 2.75) is 6.92 Å². The van der Waals surface area contributed by atoms with E-state index >= 15 is 0 Å². The molecule has 0 saturated carbocycles. The molecule has 0 N–H and O–H groups in total. The lowest BCUT2D eigenvalue weighted by molar-refractivity contribution is 0.414. The molecule has 2 heterocycles. The maximum atomic E-state index is 5.04. The summed E-state index contributed by atoms with van der Waals surface area (Å²) in [5, 5.41) is 4.13. The summed E-state index contributed by atoms with van der Waals surface area (Å²) in [4.78, 5) is 8.34. The predicted octanol–water partition coefficient (Wildman–Crippen LogP) is 1.74. The van der Waals surface area contributed by atoms with Gasteiger partial charge in [0.15, 0.2) is 11.6 Å². The Morgan fingerprint density at radius 2 is 2.20 bits per heavy atom. The lowest BCUT2D eigenvalue weighted by Crippen LogP contribution is -2.01. The average molecular weight is 269 g/mol. The highest BCUT2D eigenvalue weighted by atomic mass is 79.9. The highest BCUT2D eigenvalue weighted by molar-refractivity contribution is 9.10. The first-order chi connectivity index (χ1) is 7.20. The van der Waals surface area contributed by atoms with Crippen LogP contribution < -0.4 is 4.74 Å². The van der Waals surface area contributed by atoms with Crippen LogP contribution in [0, 0.1) is 6.92 Å². The van der Waals surface area contributed by atoms with E-state index < -0.39 is 0 Å². The molecular formula is C9H9BrN4O. The summed E-state index contributed by atoms with van der Waals surface area (Å²) in [5.74, 6) is 2.09. The van der Waals surface area contributed by atoms with Crippen LogP contribution >= 0.6 is 15.9 Å². The molecule has 6 heteroatoms. The molecule has 2 rings (SSSR count).